The summed E-state index contributed by atoms with van der Waals surface area (Å²) in [5.41, 5.74) is 0. The van der Waals surface area contributed by atoms with Crippen LogP contribution in [0.4, 0.5) is 13.2 Å². The molecule has 0 bridgehead atoms. The van der Waals surface area contributed by atoms with Crippen LogP contribution in [-0.2, 0) is 14.3 Å². The summed E-state index contributed by atoms with van der Waals surface area (Å²) < 4.78 is 41.9. The van der Waals surface area contributed by atoms with Gasteiger partial charge in [0.05, 0.1) is 17.5 Å². The van der Waals surface area contributed by atoms with E-state index in [4.69, 9.17) is 4.74 Å². The molecule has 0 aliphatic carbocycles. The Morgan fingerprint density at radius 3 is 2.47 bits per heavy atom. The van der Waals surface area contributed by atoms with E-state index >= 15 is 0 Å². The van der Waals surface area contributed by atoms with Crippen molar-refractivity contribution in [3.05, 3.63) is 0 Å². The molecule has 1 rings (SSSR count). The number of ketones is 1. The summed E-state index contributed by atoms with van der Waals surface area (Å²) in [5, 5.41) is -0.0876. The Bertz CT molecular complexity index is 321. The fourth-order valence-corrected chi connectivity index (χ4v) is 2.12. The van der Waals surface area contributed by atoms with Crippen molar-refractivity contribution in [3.8, 4) is 0 Å². The average molecular weight is 318 g/mol. The molecule has 0 spiro atoms. The number of halogens is 4. The van der Waals surface area contributed by atoms with Crippen LogP contribution >= 0.6 is 15.9 Å². The number of nitrogens with zero attached hydrogens (tertiary/aromatic N) is 1. The summed E-state index contributed by atoms with van der Waals surface area (Å²) in [6.07, 6.45) is -5.40. The van der Waals surface area contributed by atoms with E-state index < -0.39 is 30.0 Å². The van der Waals surface area contributed by atoms with Gasteiger partial charge in [0.15, 0.2) is 5.78 Å². The molecule has 1 amide bonds. The molecular formula is C9H11BrF3NO3. The minimum Gasteiger partial charge on any atom is -0.380 e. The number of hydrogen-bond donors (Lipinski definition) is 0. The second-order valence-corrected chi connectivity index (χ2v) is 4.23. The zero-order valence-electron chi connectivity index (χ0n) is 8.96. The first-order valence-electron chi connectivity index (χ1n) is 4.80. The second kappa shape index (κ2) is 5.34. The van der Waals surface area contributed by atoms with Gasteiger partial charge in [0.1, 0.15) is 0 Å². The first-order chi connectivity index (χ1) is 7.81. The standard InChI is InChI=1S/C9H11BrF3NO3/c1-17-5-2-6(7(15)3-10)14(4-5)8(16)9(11,12)13/h5-6H,2-4H2,1H3. The minimum absolute atomic E-state index is 0.0876. The van der Waals surface area contributed by atoms with Crippen LogP contribution in [-0.4, -0.2) is 53.9 Å². The number of hydrogen-bond acceptors (Lipinski definition) is 3. The Morgan fingerprint density at radius 1 is 1.47 bits per heavy atom. The molecule has 1 fully saturated rings. The van der Waals surface area contributed by atoms with Crippen LogP contribution in [0, 0.1) is 0 Å². The number of ether oxygens (including phenoxy) is 1. The smallest absolute Gasteiger partial charge is 0.380 e. The van der Waals surface area contributed by atoms with Gasteiger partial charge in [0.2, 0.25) is 0 Å². The van der Waals surface area contributed by atoms with Gasteiger partial charge in [0.25, 0.3) is 0 Å². The highest BCUT2D eigenvalue weighted by Gasteiger charge is 2.49. The lowest BCUT2D eigenvalue weighted by molar-refractivity contribution is -0.186. The molecule has 1 aliphatic heterocycles. The summed E-state index contributed by atoms with van der Waals surface area (Å²) in [6, 6.07) is -1.06. The lowest BCUT2D eigenvalue weighted by Gasteiger charge is -2.23. The van der Waals surface area contributed by atoms with Crippen molar-refractivity contribution < 1.29 is 27.5 Å². The molecule has 0 N–H and O–H groups in total. The molecule has 98 valence electrons. The van der Waals surface area contributed by atoms with Gasteiger partial charge in [-0.2, -0.15) is 13.2 Å². The number of amides is 1. The first-order valence-corrected chi connectivity index (χ1v) is 5.92. The van der Waals surface area contributed by atoms with Crippen LogP contribution in [0.3, 0.4) is 0 Å². The molecule has 2 unspecified atom stereocenters. The lowest BCUT2D eigenvalue weighted by atomic mass is 10.1. The third kappa shape index (κ3) is 3.19. The maximum absolute atomic E-state index is 12.3. The molecule has 4 nitrogen and oxygen atoms in total. The van der Waals surface area contributed by atoms with E-state index in [9.17, 15) is 22.8 Å². The third-order valence-electron chi connectivity index (χ3n) is 2.60. The summed E-state index contributed by atoms with van der Waals surface area (Å²) >= 11 is 2.88. The molecular weight excluding hydrogens is 307 g/mol. The van der Waals surface area contributed by atoms with Crippen LogP contribution < -0.4 is 0 Å². The fraction of sp³-hybridized carbons (Fsp3) is 0.778. The van der Waals surface area contributed by atoms with E-state index in [1.165, 1.54) is 7.11 Å². The van der Waals surface area contributed by atoms with Gasteiger partial charge in [-0.1, -0.05) is 15.9 Å². The number of carbonyl (C=O) groups is 2. The van der Waals surface area contributed by atoms with E-state index in [0.717, 1.165) is 0 Å². The Kier molecular flexibility index (Phi) is 4.54. The van der Waals surface area contributed by atoms with Crippen LogP contribution in [0.15, 0.2) is 0 Å². The molecule has 17 heavy (non-hydrogen) atoms. The highest BCUT2D eigenvalue weighted by atomic mass is 79.9. The number of likely N-dealkylation sites (tertiary alicyclic amines) is 1. The van der Waals surface area contributed by atoms with Crippen molar-refractivity contribution >= 4 is 27.6 Å². The molecule has 0 saturated carbocycles. The van der Waals surface area contributed by atoms with Crippen molar-refractivity contribution in [2.45, 2.75) is 24.7 Å². The van der Waals surface area contributed by atoms with Gasteiger partial charge in [-0.15, -0.1) is 0 Å². The van der Waals surface area contributed by atoms with E-state index in [2.05, 4.69) is 15.9 Å². The highest BCUT2D eigenvalue weighted by Crippen LogP contribution is 2.27. The zero-order valence-corrected chi connectivity index (χ0v) is 10.5. The molecule has 8 heteroatoms. The number of rotatable bonds is 3. The third-order valence-corrected chi connectivity index (χ3v) is 3.16. The van der Waals surface area contributed by atoms with Gasteiger partial charge in [-0.3, -0.25) is 9.59 Å². The SMILES string of the molecule is COC1CC(C(=O)CBr)N(C(=O)C(F)(F)F)C1. The predicted molar refractivity (Wildman–Crippen MR) is 55.8 cm³/mol. The Hall–Kier alpha value is -0.630. The van der Waals surface area contributed by atoms with Crippen molar-refractivity contribution in [3.63, 3.8) is 0 Å². The molecule has 1 aliphatic rings. The van der Waals surface area contributed by atoms with Gasteiger partial charge < -0.3 is 9.64 Å². The van der Waals surface area contributed by atoms with E-state index in [0.29, 0.717) is 4.90 Å². The number of carbonyl (C=O) groups excluding carboxylic acids is 2. The topological polar surface area (TPSA) is 46.6 Å². The first kappa shape index (κ1) is 14.4. The summed E-state index contributed by atoms with van der Waals surface area (Å²) in [6.45, 7) is -0.210. The zero-order chi connectivity index (χ0) is 13.2. The second-order valence-electron chi connectivity index (χ2n) is 3.66. The largest absolute Gasteiger partial charge is 0.471 e. The lowest BCUT2D eigenvalue weighted by Crippen LogP contribution is -2.47. The Balaban J connectivity index is 2.87. The molecule has 2 atom stereocenters. The predicted octanol–water partition coefficient (Wildman–Crippen LogP) is 1.13. The molecule has 1 heterocycles. The van der Waals surface area contributed by atoms with Crippen molar-refractivity contribution in [2.75, 3.05) is 19.0 Å². The van der Waals surface area contributed by atoms with Crippen molar-refractivity contribution in [2.24, 2.45) is 0 Å². The normalized spacial score (nSPS) is 25.1. The summed E-state index contributed by atoms with van der Waals surface area (Å²) in [7, 11) is 1.34. The summed E-state index contributed by atoms with van der Waals surface area (Å²) in [4.78, 5) is 23.1. The number of alkyl halides is 4. The van der Waals surface area contributed by atoms with Crippen LogP contribution in [0.2, 0.25) is 0 Å². The van der Waals surface area contributed by atoms with E-state index in [1.807, 2.05) is 0 Å². The summed E-state index contributed by atoms with van der Waals surface area (Å²) in [5.74, 6) is -2.45. The van der Waals surface area contributed by atoms with Crippen LogP contribution in [0.1, 0.15) is 6.42 Å². The van der Waals surface area contributed by atoms with Gasteiger partial charge in [-0.05, 0) is 0 Å². The minimum atomic E-state index is -4.96. The maximum Gasteiger partial charge on any atom is 0.471 e. The molecule has 1 saturated heterocycles. The molecule has 0 aromatic heterocycles. The van der Waals surface area contributed by atoms with Gasteiger partial charge >= 0.3 is 12.1 Å². The van der Waals surface area contributed by atoms with Crippen LogP contribution in [0.25, 0.3) is 0 Å². The fourth-order valence-electron chi connectivity index (χ4n) is 1.75. The molecule has 0 aromatic rings. The van der Waals surface area contributed by atoms with E-state index in [-0.39, 0.29) is 18.3 Å². The number of Topliss-reactive ketones (excluding diaryl/α,β-unsaturated/α-hetero) is 1. The molecule has 0 aromatic carbocycles. The monoisotopic (exact) mass is 317 g/mol. The number of methoxy groups -OCH3 is 1. The molecule has 0 radical (unpaired) electrons. The highest BCUT2D eigenvalue weighted by molar-refractivity contribution is 9.09. The van der Waals surface area contributed by atoms with Crippen molar-refractivity contribution in [1.29, 1.82) is 0 Å². The van der Waals surface area contributed by atoms with Gasteiger partial charge in [0, 0.05) is 20.1 Å². The van der Waals surface area contributed by atoms with Crippen molar-refractivity contribution in [1.82, 2.24) is 4.90 Å². The Morgan fingerprint density at radius 2 is 2.06 bits per heavy atom. The quantitative estimate of drug-likeness (QED) is 0.733. The van der Waals surface area contributed by atoms with Gasteiger partial charge in [-0.25, -0.2) is 0 Å². The average Bonchev–Trinajstić information content (AvgIpc) is 2.69. The van der Waals surface area contributed by atoms with E-state index in [1.54, 1.807) is 0 Å². The van der Waals surface area contributed by atoms with Crippen LogP contribution in [0.5, 0.6) is 0 Å². The maximum atomic E-state index is 12.3. The Labute approximate surface area is 104 Å².